The molecule has 2 aromatic carbocycles. The normalized spacial score (nSPS) is 10.5. The van der Waals surface area contributed by atoms with Crippen LogP contribution in [0.1, 0.15) is 21.5 Å². The third-order valence-corrected chi connectivity index (χ3v) is 4.56. The van der Waals surface area contributed by atoms with Crippen molar-refractivity contribution in [3.63, 3.8) is 0 Å². The molecule has 0 radical (unpaired) electrons. The zero-order chi connectivity index (χ0) is 21.7. The second-order valence-electron chi connectivity index (χ2n) is 6.60. The summed E-state index contributed by atoms with van der Waals surface area (Å²) >= 11 is 0. The van der Waals surface area contributed by atoms with E-state index in [0.717, 1.165) is 15.9 Å². The number of benzene rings is 2. The fourth-order valence-corrected chi connectivity index (χ4v) is 2.71. The molecule has 0 aliphatic rings. The van der Waals surface area contributed by atoms with E-state index in [2.05, 4.69) is 15.4 Å². The summed E-state index contributed by atoms with van der Waals surface area (Å²) in [7, 11) is 3.07. The molecule has 156 valence electrons. The number of ether oxygens (including phenoxy) is 3. The number of hydrogen-bond acceptors (Lipinski definition) is 8. The monoisotopic (exact) mass is 410 g/mol. The quantitative estimate of drug-likeness (QED) is 0.412. The van der Waals surface area contributed by atoms with E-state index in [9.17, 15) is 9.59 Å². The number of carbonyl (C=O) groups excluding carboxylic acids is 2. The third kappa shape index (κ3) is 4.80. The van der Waals surface area contributed by atoms with E-state index in [0.29, 0.717) is 28.5 Å². The molecule has 1 heterocycles. The number of tetrazole rings is 1. The largest absolute Gasteiger partial charge is 0.493 e. The molecule has 0 unspecified atom stereocenters. The molecule has 0 N–H and O–H groups in total. The molecule has 0 aliphatic carbocycles. The van der Waals surface area contributed by atoms with Gasteiger partial charge in [-0.1, -0.05) is 12.1 Å². The minimum atomic E-state index is -0.636. The van der Waals surface area contributed by atoms with Crippen molar-refractivity contribution in [3.8, 4) is 22.9 Å². The number of esters is 1. The van der Waals surface area contributed by atoms with Gasteiger partial charge in [-0.3, -0.25) is 4.79 Å². The number of rotatable bonds is 8. The van der Waals surface area contributed by atoms with Gasteiger partial charge in [-0.2, -0.15) is 4.80 Å². The number of ketones is 1. The molecule has 0 spiro atoms. The predicted molar refractivity (Wildman–Crippen MR) is 108 cm³/mol. The summed E-state index contributed by atoms with van der Waals surface area (Å²) in [5, 5.41) is 12.0. The highest BCUT2D eigenvalue weighted by Crippen LogP contribution is 2.30. The molecule has 0 fully saturated rings. The first-order chi connectivity index (χ1) is 14.4. The standard InChI is InChI=1S/C21H22N4O5/c1-13-5-6-15(9-14(13)2)17(26)12-30-20(27)11-25-23-21(22-24-25)16-7-8-18(28-3)19(10-16)29-4/h5-10H,11-12H2,1-4H3. The molecule has 3 aromatic rings. The van der Waals surface area contributed by atoms with E-state index < -0.39 is 5.97 Å². The highest BCUT2D eigenvalue weighted by atomic mass is 16.5. The van der Waals surface area contributed by atoms with Gasteiger partial charge in [-0.05, 0) is 54.5 Å². The average molecular weight is 410 g/mol. The molecule has 3 rings (SSSR count). The number of aryl methyl sites for hydroxylation is 2. The molecule has 0 atom stereocenters. The number of hydrogen-bond donors (Lipinski definition) is 0. The van der Waals surface area contributed by atoms with Gasteiger partial charge in [-0.25, -0.2) is 4.79 Å². The molecule has 0 bridgehead atoms. The smallest absolute Gasteiger partial charge is 0.330 e. The minimum absolute atomic E-state index is 0.263. The Morgan fingerprint density at radius 3 is 2.43 bits per heavy atom. The second kappa shape index (κ2) is 9.17. The van der Waals surface area contributed by atoms with Crippen molar-refractivity contribution in [1.82, 2.24) is 20.2 Å². The molecule has 0 saturated carbocycles. The van der Waals surface area contributed by atoms with Crippen molar-refractivity contribution in [2.75, 3.05) is 20.8 Å². The lowest BCUT2D eigenvalue weighted by Gasteiger charge is -2.07. The van der Waals surface area contributed by atoms with Crippen LogP contribution in [-0.4, -0.2) is 52.8 Å². The maximum Gasteiger partial charge on any atom is 0.330 e. The van der Waals surface area contributed by atoms with Gasteiger partial charge in [0.05, 0.1) is 14.2 Å². The van der Waals surface area contributed by atoms with Gasteiger partial charge in [-0.15, -0.1) is 10.2 Å². The minimum Gasteiger partial charge on any atom is -0.493 e. The first kappa shape index (κ1) is 21.0. The van der Waals surface area contributed by atoms with E-state index in [-0.39, 0.29) is 18.9 Å². The van der Waals surface area contributed by atoms with E-state index in [1.807, 2.05) is 19.9 Å². The summed E-state index contributed by atoms with van der Waals surface area (Å²) in [6.45, 7) is 3.27. The molecule has 1 aromatic heterocycles. The lowest BCUT2D eigenvalue weighted by Crippen LogP contribution is -2.20. The van der Waals surface area contributed by atoms with Crippen LogP contribution in [0.5, 0.6) is 11.5 Å². The first-order valence-electron chi connectivity index (χ1n) is 9.17. The van der Waals surface area contributed by atoms with Crippen LogP contribution in [0.15, 0.2) is 36.4 Å². The van der Waals surface area contributed by atoms with Gasteiger partial charge in [0.1, 0.15) is 0 Å². The van der Waals surface area contributed by atoms with Gasteiger partial charge in [0.15, 0.2) is 30.4 Å². The van der Waals surface area contributed by atoms with Crippen LogP contribution < -0.4 is 9.47 Å². The Balaban J connectivity index is 1.59. The zero-order valence-electron chi connectivity index (χ0n) is 17.2. The lowest BCUT2D eigenvalue weighted by molar-refractivity contribution is -0.143. The Kier molecular flexibility index (Phi) is 6.41. The Morgan fingerprint density at radius 2 is 1.73 bits per heavy atom. The first-order valence-corrected chi connectivity index (χ1v) is 9.17. The van der Waals surface area contributed by atoms with Crippen molar-refractivity contribution in [3.05, 3.63) is 53.1 Å². The maximum atomic E-state index is 12.2. The Hall–Kier alpha value is -3.75. The highest BCUT2D eigenvalue weighted by Gasteiger charge is 2.15. The van der Waals surface area contributed by atoms with E-state index in [1.54, 1.807) is 37.4 Å². The van der Waals surface area contributed by atoms with Crippen molar-refractivity contribution in [1.29, 1.82) is 0 Å². The summed E-state index contributed by atoms with van der Waals surface area (Å²) in [4.78, 5) is 25.4. The molecular weight excluding hydrogens is 388 g/mol. The van der Waals surface area contributed by atoms with Crippen molar-refractivity contribution in [2.45, 2.75) is 20.4 Å². The Morgan fingerprint density at radius 1 is 0.967 bits per heavy atom. The number of carbonyl (C=O) groups is 2. The molecular formula is C21H22N4O5. The lowest BCUT2D eigenvalue weighted by atomic mass is 10.0. The summed E-state index contributed by atoms with van der Waals surface area (Å²) in [6, 6.07) is 10.5. The molecule has 30 heavy (non-hydrogen) atoms. The van der Waals surface area contributed by atoms with Gasteiger partial charge >= 0.3 is 5.97 Å². The second-order valence-corrected chi connectivity index (χ2v) is 6.60. The fraction of sp³-hybridized carbons (Fsp3) is 0.286. The van der Waals surface area contributed by atoms with Crippen LogP contribution in [0.4, 0.5) is 0 Å². The van der Waals surface area contributed by atoms with Gasteiger partial charge < -0.3 is 14.2 Å². The van der Waals surface area contributed by atoms with E-state index in [4.69, 9.17) is 14.2 Å². The van der Waals surface area contributed by atoms with E-state index >= 15 is 0 Å². The summed E-state index contributed by atoms with van der Waals surface area (Å²) in [5.41, 5.74) is 3.24. The molecule has 9 heteroatoms. The van der Waals surface area contributed by atoms with Crippen LogP contribution in [0.3, 0.4) is 0 Å². The molecule has 0 aliphatic heterocycles. The number of aromatic nitrogens is 4. The summed E-state index contributed by atoms with van der Waals surface area (Å²) < 4.78 is 15.5. The Bertz CT molecular complexity index is 1080. The molecule has 0 amide bonds. The Labute approximate surface area is 173 Å². The summed E-state index contributed by atoms with van der Waals surface area (Å²) in [5.74, 6) is 0.503. The average Bonchev–Trinajstić information content (AvgIpc) is 3.21. The fourth-order valence-electron chi connectivity index (χ4n) is 2.71. The van der Waals surface area contributed by atoms with Crippen LogP contribution in [-0.2, 0) is 16.1 Å². The van der Waals surface area contributed by atoms with Crippen molar-refractivity contribution < 1.29 is 23.8 Å². The van der Waals surface area contributed by atoms with Crippen molar-refractivity contribution in [2.24, 2.45) is 0 Å². The molecule has 0 saturated heterocycles. The summed E-state index contributed by atoms with van der Waals surface area (Å²) in [6.07, 6.45) is 0. The van der Waals surface area contributed by atoms with E-state index in [1.165, 1.54) is 7.11 Å². The predicted octanol–water partition coefficient (Wildman–Crippen LogP) is 2.40. The maximum absolute atomic E-state index is 12.2. The van der Waals surface area contributed by atoms with Crippen LogP contribution >= 0.6 is 0 Å². The van der Waals surface area contributed by atoms with Crippen LogP contribution in [0.2, 0.25) is 0 Å². The van der Waals surface area contributed by atoms with Crippen LogP contribution in [0.25, 0.3) is 11.4 Å². The third-order valence-electron chi connectivity index (χ3n) is 4.56. The van der Waals surface area contributed by atoms with Gasteiger partial charge in [0.25, 0.3) is 0 Å². The topological polar surface area (TPSA) is 105 Å². The zero-order valence-corrected chi connectivity index (χ0v) is 17.2. The highest BCUT2D eigenvalue weighted by molar-refractivity contribution is 5.98. The van der Waals surface area contributed by atoms with Crippen LogP contribution in [0, 0.1) is 13.8 Å². The van der Waals surface area contributed by atoms with Gasteiger partial charge in [0, 0.05) is 11.1 Å². The van der Waals surface area contributed by atoms with Crippen molar-refractivity contribution >= 4 is 11.8 Å². The SMILES string of the molecule is COc1ccc(-c2nnn(CC(=O)OCC(=O)c3ccc(C)c(C)c3)n2)cc1OC. The number of Topliss-reactive ketones (excluding diaryl/α,β-unsaturated/α-hetero) is 1. The number of methoxy groups -OCH3 is 2. The number of nitrogens with zero attached hydrogens (tertiary/aromatic N) is 4. The van der Waals surface area contributed by atoms with Gasteiger partial charge in [0.2, 0.25) is 5.82 Å². The molecule has 9 nitrogen and oxygen atoms in total.